The van der Waals surface area contributed by atoms with Crippen molar-refractivity contribution in [2.24, 2.45) is 0 Å². The number of imidazole rings is 1. The highest BCUT2D eigenvalue weighted by atomic mass is 16.4. The number of fused-ring (bicyclic) bond motifs is 1. The Labute approximate surface area is 111 Å². The lowest BCUT2D eigenvalue weighted by Gasteiger charge is -2.11. The van der Waals surface area contributed by atoms with Crippen LogP contribution in [0.3, 0.4) is 0 Å². The van der Waals surface area contributed by atoms with Crippen LogP contribution < -0.4 is 5.32 Å². The molecule has 0 aromatic carbocycles. The Balaban J connectivity index is 1.78. The summed E-state index contributed by atoms with van der Waals surface area (Å²) >= 11 is 0. The number of carboxylic acids is 1. The monoisotopic (exact) mass is 259 g/mol. The summed E-state index contributed by atoms with van der Waals surface area (Å²) in [6, 6.07) is 3.82. The number of aromatic carboxylic acids is 1. The van der Waals surface area contributed by atoms with Gasteiger partial charge in [0.15, 0.2) is 0 Å². The summed E-state index contributed by atoms with van der Waals surface area (Å²) in [6.45, 7) is 0.776. The standard InChI is InChI=1S/C14H17N3O2/c18-14(19)10-5-6-17-12(9-16-13(17)7-10)8-15-11-3-1-2-4-11/h5-7,9,11,15H,1-4,8H2,(H,18,19). The van der Waals surface area contributed by atoms with Crippen molar-refractivity contribution < 1.29 is 9.90 Å². The number of nitrogens with zero attached hydrogens (tertiary/aromatic N) is 2. The third-order valence-corrected chi connectivity index (χ3v) is 3.76. The van der Waals surface area contributed by atoms with Crippen molar-refractivity contribution >= 4 is 11.6 Å². The Bertz CT molecular complexity index is 600. The Morgan fingerprint density at radius 2 is 2.26 bits per heavy atom. The van der Waals surface area contributed by atoms with E-state index in [0.29, 0.717) is 11.7 Å². The van der Waals surface area contributed by atoms with E-state index in [1.54, 1.807) is 18.3 Å². The van der Waals surface area contributed by atoms with Gasteiger partial charge in [-0.15, -0.1) is 0 Å². The van der Waals surface area contributed by atoms with Gasteiger partial charge in [-0.2, -0.15) is 0 Å². The highest BCUT2D eigenvalue weighted by molar-refractivity contribution is 5.88. The van der Waals surface area contributed by atoms with Crippen molar-refractivity contribution in [3.8, 4) is 0 Å². The van der Waals surface area contributed by atoms with Gasteiger partial charge in [0.2, 0.25) is 0 Å². The highest BCUT2D eigenvalue weighted by Crippen LogP contribution is 2.18. The minimum absolute atomic E-state index is 0.272. The van der Waals surface area contributed by atoms with E-state index in [-0.39, 0.29) is 5.56 Å². The Morgan fingerprint density at radius 3 is 3.00 bits per heavy atom. The van der Waals surface area contributed by atoms with Crippen molar-refractivity contribution in [1.29, 1.82) is 0 Å². The van der Waals surface area contributed by atoms with E-state index in [9.17, 15) is 4.79 Å². The fraction of sp³-hybridized carbons (Fsp3) is 0.429. The van der Waals surface area contributed by atoms with Gasteiger partial charge in [0.1, 0.15) is 5.65 Å². The predicted octanol–water partition coefficient (Wildman–Crippen LogP) is 2.06. The van der Waals surface area contributed by atoms with Crippen LogP contribution in [0.25, 0.3) is 5.65 Å². The average Bonchev–Trinajstić information content (AvgIpc) is 3.05. The normalized spacial score (nSPS) is 16.2. The molecule has 0 radical (unpaired) electrons. The number of carboxylic acid groups (broad SMARTS) is 1. The maximum Gasteiger partial charge on any atom is 0.335 e. The lowest BCUT2D eigenvalue weighted by molar-refractivity contribution is 0.0697. The molecule has 0 amide bonds. The fourth-order valence-electron chi connectivity index (χ4n) is 2.68. The Hall–Kier alpha value is -1.88. The smallest absolute Gasteiger partial charge is 0.335 e. The number of aromatic nitrogens is 2. The van der Waals surface area contributed by atoms with Gasteiger partial charge in [0, 0.05) is 18.8 Å². The maximum absolute atomic E-state index is 10.9. The first-order valence-electron chi connectivity index (χ1n) is 6.67. The average molecular weight is 259 g/mol. The van der Waals surface area contributed by atoms with Gasteiger partial charge in [0.05, 0.1) is 17.5 Å². The van der Waals surface area contributed by atoms with Crippen LogP contribution in [0.1, 0.15) is 41.7 Å². The minimum Gasteiger partial charge on any atom is -0.478 e. The lowest BCUT2D eigenvalue weighted by Crippen LogP contribution is -2.25. The molecule has 1 aliphatic carbocycles. The van der Waals surface area contributed by atoms with E-state index in [1.165, 1.54) is 25.7 Å². The second-order valence-electron chi connectivity index (χ2n) is 5.06. The molecule has 3 rings (SSSR count). The Kier molecular flexibility index (Phi) is 3.21. The van der Waals surface area contributed by atoms with E-state index in [0.717, 1.165) is 12.2 Å². The van der Waals surface area contributed by atoms with Crippen LogP contribution in [-0.2, 0) is 6.54 Å². The number of nitrogens with one attached hydrogen (secondary N) is 1. The van der Waals surface area contributed by atoms with E-state index < -0.39 is 5.97 Å². The van der Waals surface area contributed by atoms with Crippen LogP contribution in [0.5, 0.6) is 0 Å². The second kappa shape index (κ2) is 5.01. The molecule has 2 heterocycles. The third-order valence-electron chi connectivity index (χ3n) is 3.76. The fourth-order valence-corrected chi connectivity index (χ4v) is 2.68. The molecule has 0 aliphatic heterocycles. The zero-order chi connectivity index (χ0) is 13.2. The van der Waals surface area contributed by atoms with Crippen molar-refractivity contribution in [2.45, 2.75) is 38.3 Å². The predicted molar refractivity (Wildman–Crippen MR) is 71.2 cm³/mol. The van der Waals surface area contributed by atoms with Crippen molar-refractivity contribution in [2.75, 3.05) is 0 Å². The van der Waals surface area contributed by atoms with Crippen LogP contribution in [0.15, 0.2) is 24.5 Å². The number of hydrogen-bond acceptors (Lipinski definition) is 3. The molecule has 0 bridgehead atoms. The molecule has 1 saturated carbocycles. The summed E-state index contributed by atoms with van der Waals surface area (Å²) < 4.78 is 1.94. The molecule has 2 aromatic rings. The van der Waals surface area contributed by atoms with Crippen LogP contribution in [-0.4, -0.2) is 26.5 Å². The van der Waals surface area contributed by atoms with E-state index in [1.807, 2.05) is 10.6 Å². The van der Waals surface area contributed by atoms with Crippen molar-refractivity contribution in [1.82, 2.24) is 14.7 Å². The SMILES string of the molecule is O=C(O)c1ccn2c(CNC3CCCC3)cnc2c1. The molecule has 2 aromatic heterocycles. The summed E-state index contributed by atoms with van der Waals surface area (Å²) in [5.74, 6) is -0.920. The molecule has 0 unspecified atom stereocenters. The zero-order valence-corrected chi connectivity index (χ0v) is 10.7. The van der Waals surface area contributed by atoms with Crippen molar-refractivity contribution in [3.05, 3.63) is 35.8 Å². The lowest BCUT2D eigenvalue weighted by atomic mass is 10.2. The van der Waals surface area contributed by atoms with Crippen LogP contribution >= 0.6 is 0 Å². The van der Waals surface area contributed by atoms with Crippen LogP contribution in [0, 0.1) is 0 Å². The third kappa shape index (κ3) is 2.46. The molecule has 2 N–H and O–H groups in total. The number of rotatable bonds is 4. The second-order valence-corrected chi connectivity index (χ2v) is 5.06. The van der Waals surface area contributed by atoms with Crippen LogP contribution in [0.2, 0.25) is 0 Å². The molecule has 5 heteroatoms. The highest BCUT2D eigenvalue weighted by Gasteiger charge is 2.15. The van der Waals surface area contributed by atoms with Gasteiger partial charge >= 0.3 is 5.97 Å². The van der Waals surface area contributed by atoms with E-state index in [4.69, 9.17) is 5.11 Å². The number of carbonyl (C=O) groups is 1. The molecule has 0 spiro atoms. The minimum atomic E-state index is -0.920. The largest absolute Gasteiger partial charge is 0.478 e. The zero-order valence-electron chi connectivity index (χ0n) is 10.7. The molecule has 0 atom stereocenters. The molecule has 1 fully saturated rings. The quantitative estimate of drug-likeness (QED) is 0.882. The molecular weight excluding hydrogens is 242 g/mol. The van der Waals surface area contributed by atoms with Crippen molar-refractivity contribution in [3.63, 3.8) is 0 Å². The van der Waals surface area contributed by atoms with Gasteiger partial charge < -0.3 is 14.8 Å². The molecule has 100 valence electrons. The molecule has 19 heavy (non-hydrogen) atoms. The Morgan fingerprint density at radius 1 is 1.47 bits per heavy atom. The topological polar surface area (TPSA) is 66.6 Å². The summed E-state index contributed by atoms with van der Waals surface area (Å²) in [6.07, 6.45) is 8.71. The summed E-state index contributed by atoms with van der Waals surface area (Å²) in [5.41, 5.74) is 2.02. The summed E-state index contributed by atoms with van der Waals surface area (Å²) in [5, 5.41) is 12.5. The van der Waals surface area contributed by atoms with Gasteiger partial charge in [-0.25, -0.2) is 9.78 Å². The summed E-state index contributed by atoms with van der Waals surface area (Å²) in [4.78, 5) is 15.2. The number of pyridine rings is 1. The molecule has 1 aliphatic rings. The van der Waals surface area contributed by atoms with Gasteiger partial charge in [0.25, 0.3) is 0 Å². The van der Waals surface area contributed by atoms with Gasteiger partial charge in [-0.1, -0.05) is 12.8 Å². The van der Waals surface area contributed by atoms with E-state index >= 15 is 0 Å². The number of hydrogen-bond donors (Lipinski definition) is 2. The first-order chi connectivity index (χ1) is 9.24. The summed E-state index contributed by atoms with van der Waals surface area (Å²) in [7, 11) is 0. The molecule has 0 saturated heterocycles. The first kappa shape index (κ1) is 12.2. The first-order valence-corrected chi connectivity index (χ1v) is 6.67. The van der Waals surface area contributed by atoms with Gasteiger partial charge in [-0.05, 0) is 25.0 Å². The maximum atomic E-state index is 10.9. The van der Waals surface area contributed by atoms with Crippen LogP contribution in [0.4, 0.5) is 0 Å². The molecular formula is C14H17N3O2. The van der Waals surface area contributed by atoms with Gasteiger partial charge in [-0.3, -0.25) is 0 Å². The molecule has 5 nitrogen and oxygen atoms in total. The van der Waals surface area contributed by atoms with E-state index in [2.05, 4.69) is 10.3 Å².